The number of carbonyl (C=O) groups excluding carboxylic acids is 1. The molecule has 0 bridgehead atoms. The molecule has 0 saturated heterocycles. The molecule has 1 aromatic carbocycles. The number of carboxylic acids is 1. The van der Waals surface area contributed by atoms with E-state index in [1.165, 1.54) is 23.1 Å². The van der Waals surface area contributed by atoms with Crippen LogP contribution in [-0.4, -0.2) is 35.0 Å². The molecule has 0 aliphatic carbocycles. The van der Waals surface area contributed by atoms with Crippen LogP contribution in [0.2, 0.25) is 0 Å². The summed E-state index contributed by atoms with van der Waals surface area (Å²) in [5, 5.41) is 8.58. The lowest BCUT2D eigenvalue weighted by Gasteiger charge is -2.17. The normalized spacial score (nSPS) is 10.6. The average molecular weight is 265 g/mol. The zero-order chi connectivity index (χ0) is 14.3. The van der Waals surface area contributed by atoms with Crippen LogP contribution in [0.1, 0.15) is 18.9 Å². The smallest absolute Gasteiger partial charge is 0.305 e. The highest BCUT2D eigenvalue weighted by Gasteiger charge is 2.09. The number of halogens is 1. The fraction of sp³-hybridized carbons (Fsp3) is 0.286. The van der Waals surface area contributed by atoms with Crippen molar-refractivity contribution in [2.45, 2.75) is 13.3 Å². The molecule has 0 spiro atoms. The number of carboxylic acid groups (broad SMARTS) is 1. The number of hydrogen-bond donors (Lipinski definition) is 1. The monoisotopic (exact) mass is 265 g/mol. The number of hydrogen-bond acceptors (Lipinski definition) is 2. The molecule has 0 aliphatic heterocycles. The van der Waals surface area contributed by atoms with E-state index in [1.54, 1.807) is 25.1 Å². The Morgan fingerprint density at radius 3 is 2.47 bits per heavy atom. The molecule has 1 N–H and O–H groups in total. The summed E-state index contributed by atoms with van der Waals surface area (Å²) in [5.41, 5.74) is 0.712. The van der Waals surface area contributed by atoms with Crippen LogP contribution in [0.5, 0.6) is 0 Å². The van der Waals surface area contributed by atoms with E-state index in [1.807, 2.05) is 0 Å². The van der Waals surface area contributed by atoms with Gasteiger partial charge in [0, 0.05) is 19.2 Å². The van der Waals surface area contributed by atoms with Gasteiger partial charge in [-0.1, -0.05) is 12.1 Å². The fourth-order valence-electron chi connectivity index (χ4n) is 1.50. The van der Waals surface area contributed by atoms with Crippen molar-refractivity contribution in [2.75, 3.05) is 13.1 Å². The van der Waals surface area contributed by atoms with Crippen LogP contribution < -0.4 is 0 Å². The molecule has 19 heavy (non-hydrogen) atoms. The van der Waals surface area contributed by atoms with E-state index in [-0.39, 0.29) is 24.7 Å². The maximum absolute atomic E-state index is 12.7. The minimum Gasteiger partial charge on any atom is -0.481 e. The van der Waals surface area contributed by atoms with E-state index in [0.29, 0.717) is 12.1 Å². The lowest BCUT2D eigenvalue weighted by molar-refractivity contribution is -0.137. The van der Waals surface area contributed by atoms with Crippen LogP contribution in [0.25, 0.3) is 6.08 Å². The molecule has 1 aromatic rings. The van der Waals surface area contributed by atoms with Crippen molar-refractivity contribution in [1.29, 1.82) is 0 Å². The molecule has 0 heterocycles. The molecule has 5 heteroatoms. The van der Waals surface area contributed by atoms with Crippen molar-refractivity contribution in [2.24, 2.45) is 0 Å². The molecule has 0 aromatic heterocycles. The van der Waals surface area contributed by atoms with Crippen molar-refractivity contribution in [3.05, 3.63) is 41.7 Å². The first-order valence-electron chi connectivity index (χ1n) is 5.97. The number of aliphatic carboxylic acids is 1. The van der Waals surface area contributed by atoms with Crippen LogP contribution in [0.3, 0.4) is 0 Å². The minimum absolute atomic E-state index is 0.0794. The van der Waals surface area contributed by atoms with Gasteiger partial charge in [0.15, 0.2) is 0 Å². The van der Waals surface area contributed by atoms with Gasteiger partial charge in [-0.05, 0) is 30.7 Å². The lowest BCUT2D eigenvalue weighted by Crippen LogP contribution is -2.31. The summed E-state index contributed by atoms with van der Waals surface area (Å²) in [7, 11) is 0. The molecule has 0 atom stereocenters. The van der Waals surface area contributed by atoms with E-state index >= 15 is 0 Å². The molecule has 1 amide bonds. The predicted octanol–water partition coefficient (Wildman–Crippen LogP) is 2.16. The highest BCUT2D eigenvalue weighted by atomic mass is 19.1. The van der Waals surface area contributed by atoms with Crippen molar-refractivity contribution < 1.29 is 19.1 Å². The van der Waals surface area contributed by atoms with Crippen molar-refractivity contribution in [1.82, 2.24) is 4.90 Å². The largest absolute Gasteiger partial charge is 0.481 e. The van der Waals surface area contributed by atoms with Gasteiger partial charge in [-0.3, -0.25) is 9.59 Å². The molecule has 0 aliphatic rings. The van der Waals surface area contributed by atoms with Crippen LogP contribution in [0.4, 0.5) is 4.39 Å². The summed E-state index contributed by atoms with van der Waals surface area (Å²) < 4.78 is 12.7. The second kappa shape index (κ2) is 7.31. The number of carbonyl (C=O) groups is 2. The number of rotatable bonds is 6. The summed E-state index contributed by atoms with van der Waals surface area (Å²) >= 11 is 0. The summed E-state index contributed by atoms with van der Waals surface area (Å²) in [5.74, 6) is -1.53. The van der Waals surface area contributed by atoms with Crippen LogP contribution in [0.15, 0.2) is 30.3 Å². The Morgan fingerprint density at radius 2 is 1.95 bits per heavy atom. The zero-order valence-corrected chi connectivity index (χ0v) is 10.7. The topological polar surface area (TPSA) is 57.6 Å². The molecular weight excluding hydrogens is 249 g/mol. The number of likely N-dealkylation sites (N-methyl/N-ethyl adjacent to an activating group) is 1. The number of amides is 1. The first-order chi connectivity index (χ1) is 9.02. The number of nitrogens with zero attached hydrogens (tertiary/aromatic N) is 1. The molecule has 0 saturated carbocycles. The third kappa shape index (κ3) is 5.33. The van der Waals surface area contributed by atoms with Gasteiger partial charge < -0.3 is 10.0 Å². The van der Waals surface area contributed by atoms with Gasteiger partial charge in [0.2, 0.25) is 5.91 Å². The van der Waals surface area contributed by atoms with E-state index in [9.17, 15) is 14.0 Å². The Hall–Kier alpha value is -2.17. The molecule has 1 rings (SSSR count). The van der Waals surface area contributed by atoms with E-state index in [0.717, 1.165) is 0 Å². The average Bonchev–Trinajstić information content (AvgIpc) is 2.38. The van der Waals surface area contributed by atoms with Crippen LogP contribution >= 0.6 is 0 Å². The molecule has 0 fully saturated rings. The summed E-state index contributed by atoms with van der Waals surface area (Å²) in [6.07, 6.45) is 2.85. The first-order valence-corrected chi connectivity index (χ1v) is 5.97. The maximum Gasteiger partial charge on any atom is 0.305 e. The first kappa shape index (κ1) is 14.9. The molecule has 102 valence electrons. The second-order valence-corrected chi connectivity index (χ2v) is 3.95. The third-order valence-corrected chi connectivity index (χ3v) is 2.58. The molecule has 4 nitrogen and oxygen atoms in total. The summed E-state index contributed by atoms with van der Waals surface area (Å²) in [6, 6.07) is 5.75. The van der Waals surface area contributed by atoms with Gasteiger partial charge in [0.05, 0.1) is 6.42 Å². The Morgan fingerprint density at radius 1 is 1.32 bits per heavy atom. The summed E-state index contributed by atoms with van der Waals surface area (Å²) in [6.45, 7) is 2.41. The number of benzene rings is 1. The quantitative estimate of drug-likeness (QED) is 0.802. The van der Waals surface area contributed by atoms with Crippen molar-refractivity contribution in [3.8, 4) is 0 Å². The Kier molecular flexibility index (Phi) is 5.73. The van der Waals surface area contributed by atoms with Crippen LogP contribution in [-0.2, 0) is 9.59 Å². The standard InChI is InChI=1S/C14H16FNO3/c1-2-16(10-9-14(18)19)13(17)8-5-11-3-6-12(15)7-4-11/h3-8H,2,9-10H2,1H3,(H,18,19)/b8-5+. The molecule has 0 unspecified atom stereocenters. The van der Waals surface area contributed by atoms with E-state index < -0.39 is 5.97 Å². The highest BCUT2D eigenvalue weighted by molar-refractivity contribution is 5.91. The third-order valence-electron chi connectivity index (χ3n) is 2.58. The Balaban J connectivity index is 2.60. The van der Waals surface area contributed by atoms with Crippen molar-refractivity contribution >= 4 is 18.0 Å². The van der Waals surface area contributed by atoms with Gasteiger partial charge >= 0.3 is 5.97 Å². The zero-order valence-electron chi connectivity index (χ0n) is 10.7. The lowest BCUT2D eigenvalue weighted by atomic mass is 10.2. The van der Waals surface area contributed by atoms with Gasteiger partial charge in [-0.15, -0.1) is 0 Å². The van der Waals surface area contributed by atoms with E-state index in [2.05, 4.69) is 0 Å². The Labute approximate surface area is 111 Å². The SMILES string of the molecule is CCN(CCC(=O)O)C(=O)/C=C/c1ccc(F)cc1. The predicted molar refractivity (Wildman–Crippen MR) is 69.9 cm³/mol. The summed E-state index contributed by atoms with van der Waals surface area (Å²) in [4.78, 5) is 23.7. The van der Waals surface area contributed by atoms with Gasteiger partial charge in [-0.25, -0.2) is 4.39 Å². The van der Waals surface area contributed by atoms with Crippen molar-refractivity contribution in [3.63, 3.8) is 0 Å². The van der Waals surface area contributed by atoms with Crippen LogP contribution in [0, 0.1) is 5.82 Å². The molecular formula is C14H16FNO3. The van der Waals surface area contributed by atoms with Gasteiger partial charge in [-0.2, -0.15) is 0 Å². The molecule has 0 radical (unpaired) electrons. The highest BCUT2D eigenvalue weighted by Crippen LogP contribution is 2.05. The Bertz CT molecular complexity index is 468. The minimum atomic E-state index is -0.936. The fourth-order valence-corrected chi connectivity index (χ4v) is 1.50. The second-order valence-electron chi connectivity index (χ2n) is 3.95. The van der Waals surface area contributed by atoms with Gasteiger partial charge in [0.25, 0.3) is 0 Å². The maximum atomic E-state index is 12.7. The van der Waals surface area contributed by atoms with Gasteiger partial charge in [0.1, 0.15) is 5.82 Å². The van der Waals surface area contributed by atoms with E-state index in [4.69, 9.17) is 5.11 Å².